The van der Waals surface area contributed by atoms with Crippen LogP contribution in [0.15, 0.2) is 24.3 Å². The van der Waals surface area contributed by atoms with Gasteiger partial charge in [-0.2, -0.15) is 0 Å². The number of carboxylic acid groups (broad SMARTS) is 1. The number of carboxylic acids is 1. The molecule has 2 N–H and O–H groups in total. The molecule has 1 unspecified atom stereocenters. The summed E-state index contributed by atoms with van der Waals surface area (Å²) in [5, 5.41) is 12.1. The van der Waals surface area contributed by atoms with Crippen molar-refractivity contribution in [1.82, 2.24) is 4.90 Å². The molecule has 120 valence electrons. The fraction of sp³-hybridized carbons (Fsp3) is 0.529. The number of hydrogen-bond donors (Lipinski definition) is 2. The maximum Gasteiger partial charge on any atom is 0.320 e. The van der Waals surface area contributed by atoms with Crippen LogP contribution in [0.2, 0.25) is 0 Å². The number of amides is 1. The van der Waals surface area contributed by atoms with Gasteiger partial charge in [-0.05, 0) is 43.0 Å². The molecule has 1 fully saturated rings. The summed E-state index contributed by atoms with van der Waals surface area (Å²) in [6.45, 7) is 5.03. The number of anilines is 1. The van der Waals surface area contributed by atoms with Crippen LogP contribution in [0.3, 0.4) is 0 Å². The van der Waals surface area contributed by atoms with E-state index in [1.54, 1.807) is 4.90 Å². The van der Waals surface area contributed by atoms with Gasteiger partial charge in [0.05, 0.1) is 6.54 Å². The smallest absolute Gasteiger partial charge is 0.320 e. The molecule has 0 spiro atoms. The minimum absolute atomic E-state index is 0.128. The predicted octanol–water partition coefficient (Wildman–Crippen LogP) is 2.69. The Balaban J connectivity index is 1.92. The molecule has 0 aromatic heterocycles. The Morgan fingerprint density at radius 1 is 1.27 bits per heavy atom. The second-order valence-corrected chi connectivity index (χ2v) is 6.15. The molecule has 0 bridgehead atoms. The van der Waals surface area contributed by atoms with Crippen molar-refractivity contribution in [3.05, 3.63) is 29.8 Å². The van der Waals surface area contributed by atoms with E-state index in [0.29, 0.717) is 18.9 Å². The zero-order valence-electron chi connectivity index (χ0n) is 13.2. The first-order valence-corrected chi connectivity index (χ1v) is 7.84. The summed E-state index contributed by atoms with van der Waals surface area (Å²) in [6.07, 6.45) is 2.47. The highest BCUT2D eigenvalue weighted by Crippen LogP contribution is 2.19. The van der Waals surface area contributed by atoms with E-state index in [9.17, 15) is 14.7 Å². The van der Waals surface area contributed by atoms with Crippen LogP contribution in [0.1, 0.15) is 44.6 Å². The van der Waals surface area contributed by atoms with Crippen LogP contribution in [0.25, 0.3) is 0 Å². The van der Waals surface area contributed by atoms with E-state index in [4.69, 9.17) is 0 Å². The third-order valence-corrected chi connectivity index (χ3v) is 4.11. The maximum atomic E-state index is 12.1. The minimum atomic E-state index is -0.839. The fourth-order valence-electron chi connectivity index (χ4n) is 2.80. The first kappa shape index (κ1) is 16.5. The van der Waals surface area contributed by atoms with Crippen LogP contribution in [-0.4, -0.2) is 41.0 Å². The van der Waals surface area contributed by atoms with Crippen LogP contribution in [0.5, 0.6) is 0 Å². The zero-order chi connectivity index (χ0) is 16.1. The molecular formula is C17H24N2O3. The molecule has 0 aliphatic carbocycles. The van der Waals surface area contributed by atoms with Gasteiger partial charge in [-0.1, -0.05) is 32.4 Å². The number of nitrogens with zero attached hydrogens (tertiary/aromatic N) is 1. The summed E-state index contributed by atoms with van der Waals surface area (Å²) in [6, 6.07) is 7.24. The number of carbonyl (C=O) groups excluding carboxylic acids is 1. The van der Waals surface area contributed by atoms with E-state index < -0.39 is 12.0 Å². The highest BCUT2D eigenvalue weighted by Gasteiger charge is 2.29. The maximum absolute atomic E-state index is 12.1. The molecule has 5 heteroatoms. The van der Waals surface area contributed by atoms with Crippen LogP contribution in [0.4, 0.5) is 5.69 Å². The van der Waals surface area contributed by atoms with Crippen LogP contribution >= 0.6 is 0 Å². The topological polar surface area (TPSA) is 69.6 Å². The van der Waals surface area contributed by atoms with Crippen molar-refractivity contribution in [3.8, 4) is 0 Å². The molecule has 1 atom stereocenters. The number of likely N-dealkylation sites (tertiary alicyclic amines) is 1. The standard InChI is InChI=1S/C17H24N2O3/c1-12(2)13-6-8-14(9-7-13)18-16(20)11-19-10-4-3-5-15(19)17(21)22/h6-9,12,15H,3-5,10-11H2,1-2H3,(H,18,20)(H,21,22). The molecule has 0 radical (unpaired) electrons. The molecule has 1 aliphatic heterocycles. The number of piperidine rings is 1. The van der Waals surface area contributed by atoms with Crippen molar-refractivity contribution in [3.63, 3.8) is 0 Å². The molecule has 22 heavy (non-hydrogen) atoms. The zero-order valence-corrected chi connectivity index (χ0v) is 13.2. The lowest BCUT2D eigenvalue weighted by molar-refractivity contribution is -0.145. The van der Waals surface area contributed by atoms with Crippen molar-refractivity contribution in [2.75, 3.05) is 18.4 Å². The first-order chi connectivity index (χ1) is 10.5. The highest BCUT2D eigenvalue weighted by molar-refractivity contribution is 5.92. The van der Waals surface area contributed by atoms with Gasteiger partial charge >= 0.3 is 5.97 Å². The number of aliphatic carboxylic acids is 1. The minimum Gasteiger partial charge on any atom is -0.480 e. The molecule has 1 aliphatic rings. The summed E-state index contributed by atoms with van der Waals surface area (Å²) in [7, 11) is 0. The molecule has 1 amide bonds. The number of carbonyl (C=O) groups is 2. The number of nitrogens with one attached hydrogen (secondary N) is 1. The van der Waals surface area contributed by atoms with Crippen LogP contribution < -0.4 is 5.32 Å². The van der Waals surface area contributed by atoms with E-state index in [0.717, 1.165) is 18.5 Å². The Morgan fingerprint density at radius 3 is 2.55 bits per heavy atom. The number of benzene rings is 1. The quantitative estimate of drug-likeness (QED) is 0.877. The lowest BCUT2D eigenvalue weighted by atomic mass is 10.0. The van der Waals surface area contributed by atoms with E-state index in [1.165, 1.54) is 5.56 Å². The molecule has 1 saturated heterocycles. The van der Waals surface area contributed by atoms with Crippen molar-refractivity contribution in [1.29, 1.82) is 0 Å². The average Bonchev–Trinajstić information content (AvgIpc) is 2.48. The molecular weight excluding hydrogens is 280 g/mol. The average molecular weight is 304 g/mol. The highest BCUT2D eigenvalue weighted by atomic mass is 16.4. The molecule has 1 heterocycles. The summed E-state index contributed by atoms with van der Waals surface area (Å²) in [4.78, 5) is 25.1. The van der Waals surface area contributed by atoms with E-state index in [1.807, 2.05) is 24.3 Å². The van der Waals surface area contributed by atoms with Gasteiger partial charge in [0, 0.05) is 5.69 Å². The third-order valence-electron chi connectivity index (χ3n) is 4.11. The molecule has 1 aromatic carbocycles. The van der Waals surface area contributed by atoms with Crippen molar-refractivity contribution >= 4 is 17.6 Å². The second kappa shape index (κ2) is 7.40. The van der Waals surface area contributed by atoms with E-state index >= 15 is 0 Å². The Hall–Kier alpha value is -1.88. The number of rotatable bonds is 5. The van der Waals surface area contributed by atoms with Gasteiger partial charge in [-0.25, -0.2) is 0 Å². The monoisotopic (exact) mass is 304 g/mol. The van der Waals surface area contributed by atoms with Gasteiger partial charge in [0.1, 0.15) is 6.04 Å². The Bertz CT molecular complexity index is 525. The van der Waals surface area contributed by atoms with Gasteiger partial charge in [-0.3, -0.25) is 14.5 Å². The van der Waals surface area contributed by atoms with Crippen molar-refractivity contribution in [2.24, 2.45) is 0 Å². The van der Waals surface area contributed by atoms with E-state index in [2.05, 4.69) is 19.2 Å². The SMILES string of the molecule is CC(C)c1ccc(NC(=O)CN2CCCCC2C(=O)O)cc1. The Labute approximate surface area is 131 Å². The predicted molar refractivity (Wildman–Crippen MR) is 86.0 cm³/mol. The van der Waals surface area contributed by atoms with Gasteiger partial charge in [0.2, 0.25) is 5.91 Å². The molecule has 0 saturated carbocycles. The van der Waals surface area contributed by atoms with Gasteiger partial charge < -0.3 is 10.4 Å². The van der Waals surface area contributed by atoms with Crippen molar-refractivity contribution in [2.45, 2.75) is 45.1 Å². The summed E-state index contributed by atoms with van der Waals surface area (Å²) < 4.78 is 0. The lowest BCUT2D eigenvalue weighted by Crippen LogP contribution is -2.47. The lowest BCUT2D eigenvalue weighted by Gasteiger charge is -2.32. The van der Waals surface area contributed by atoms with Crippen LogP contribution in [-0.2, 0) is 9.59 Å². The normalized spacial score (nSPS) is 19.1. The van der Waals surface area contributed by atoms with Gasteiger partial charge in [0.15, 0.2) is 0 Å². The molecule has 1 aromatic rings. The van der Waals surface area contributed by atoms with Gasteiger partial charge in [-0.15, -0.1) is 0 Å². The van der Waals surface area contributed by atoms with Crippen LogP contribution in [0, 0.1) is 0 Å². The summed E-state index contributed by atoms with van der Waals surface area (Å²) in [5.41, 5.74) is 1.97. The second-order valence-electron chi connectivity index (χ2n) is 6.15. The molecule has 2 rings (SSSR count). The Kier molecular flexibility index (Phi) is 5.55. The Morgan fingerprint density at radius 2 is 1.95 bits per heavy atom. The van der Waals surface area contributed by atoms with E-state index in [-0.39, 0.29) is 12.5 Å². The summed E-state index contributed by atoms with van der Waals surface area (Å²) >= 11 is 0. The third kappa shape index (κ3) is 4.31. The molecule has 5 nitrogen and oxygen atoms in total. The fourth-order valence-corrected chi connectivity index (χ4v) is 2.80. The first-order valence-electron chi connectivity index (χ1n) is 7.84. The van der Waals surface area contributed by atoms with Gasteiger partial charge in [0.25, 0.3) is 0 Å². The summed E-state index contributed by atoms with van der Waals surface area (Å²) in [5.74, 6) is -0.548. The largest absolute Gasteiger partial charge is 0.480 e. The number of hydrogen-bond acceptors (Lipinski definition) is 3. The van der Waals surface area contributed by atoms with Crippen molar-refractivity contribution < 1.29 is 14.7 Å².